The predicted octanol–water partition coefficient (Wildman–Crippen LogP) is 3.21. The van der Waals surface area contributed by atoms with Crippen molar-refractivity contribution in [3.05, 3.63) is 29.3 Å². The van der Waals surface area contributed by atoms with Gasteiger partial charge in [0.2, 0.25) is 0 Å². The summed E-state index contributed by atoms with van der Waals surface area (Å²) in [6, 6.07) is 6.13. The number of carbonyl (C=O) groups excluding carboxylic acids is 1. The van der Waals surface area contributed by atoms with Crippen LogP contribution in [-0.4, -0.2) is 30.6 Å². The summed E-state index contributed by atoms with van der Waals surface area (Å²) in [5.74, 6) is -0.309. The highest BCUT2D eigenvalue weighted by molar-refractivity contribution is 5.90. The highest BCUT2D eigenvalue weighted by atomic mass is 16.5. The Morgan fingerprint density at radius 2 is 2.05 bits per heavy atom. The third-order valence-corrected chi connectivity index (χ3v) is 4.27. The summed E-state index contributed by atoms with van der Waals surface area (Å²) in [7, 11) is 2.16. The van der Waals surface area contributed by atoms with Gasteiger partial charge in [-0.3, -0.25) is 4.90 Å². The maximum Gasteiger partial charge on any atom is 0.338 e. The standard InChI is InChI=1S/C17H26N2O2/c1-3-21-17(20)13-9-10-14(16(18)11-13)12-19(2)15-7-5-4-6-8-15/h9-11,15H,3-8,12,18H2,1-2H3. The van der Waals surface area contributed by atoms with E-state index in [4.69, 9.17) is 10.5 Å². The maximum atomic E-state index is 11.7. The first-order chi connectivity index (χ1) is 10.1. The van der Waals surface area contributed by atoms with E-state index >= 15 is 0 Å². The Morgan fingerprint density at radius 1 is 1.33 bits per heavy atom. The number of nitrogens with zero attached hydrogens (tertiary/aromatic N) is 1. The van der Waals surface area contributed by atoms with Gasteiger partial charge < -0.3 is 10.5 Å². The lowest BCUT2D eigenvalue weighted by Crippen LogP contribution is -2.33. The molecule has 0 spiro atoms. The van der Waals surface area contributed by atoms with E-state index in [0.717, 1.165) is 12.1 Å². The molecule has 0 unspecified atom stereocenters. The molecule has 1 saturated carbocycles. The average molecular weight is 290 g/mol. The Kier molecular flexibility index (Phi) is 5.62. The lowest BCUT2D eigenvalue weighted by molar-refractivity contribution is 0.0526. The van der Waals surface area contributed by atoms with Crippen LogP contribution in [0.15, 0.2) is 18.2 Å². The minimum absolute atomic E-state index is 0.309. The molecule has 4 heteroatoms. The van der Waals surface area contributed by atoms with Crippen LogP contribution in [0.2, 0.25) is 0 Å². The van der Waals surface area contributed by atoms with Gasteiger partial charge in [-0.15, -0.1) is 0 Å². The van der Waals surface area contributed by atoms with Gasteiger partial charge >= 0.3 is 5.97 Å². The van der Waals surface area contributed by atoms with Crippen LogP contribution in [0.4, 0.5) is 5.69 Å². The van der Waals surface area contributed by atoms with Gasteiger partial charge in [0.1, 0.15) is 0 Å². The second kappa shape index (κ2) is 7.46. The zero-order valence-electron chi connectivity index (χ0n) is 13.1. The van der Waals surface area contributed by atoms with Crippen molar-refractivity contribution in [1.29, 1.82) is 0 Å². The zero-order valence-corrected chi connectivity index (χ0v) is 13.1. The molecule has 0 radical (unpaired) electrons. The first-order valence-corrected chi connectivity index (χ1v) is 7.87. The van der Waals surface area contributed by atoms with E-state index in [-0.39, 0.29) is 5.97 Å². The Balaban J connectivity index is 2.01. The van der Waals surface area contributed by atoms with E-state index < -0.39 is 0 Å². The molecule has 2 N–H and O–H groups in total. The normalized spacial score (nSPS) is 16.1. The largest absolute Gasteiger partial charge is 0.462 e. The summed E-state index contributed by atoms with van der Waals surface area (Å²) < 4.78 is 4.99. The third-order valence-electron chi connectivity index (χ3n) is 4.27. The highest BCUT2D eigenvalue weighted by Crippen LogP contribution is 2.24. The van der Waals surface area contributed by atoms with E-state index in [9.17, 15) is 4.79 Å². The molecular weight excluding hydrogens is 264 g/mol. The van der Waals surface area contributed by atoms with E-state index in [1.807, 2.05) is 6.07 Å². The molecule has 116 valence electrons. The average Bonchev–Trinajstić information content (AvgIpc) is 2.50. The predicted molar refractivity (Wildman–Crippen MR) is 85.2 cm³/mol. The zero-order chi connectivity index (χ0) is 15.2. The monoisotopic (exact) mass is 290 g/mol. The number of esters is 1. The third kappa shape index (κ3) is 4.21. The summed E-state index contributed by atoms with van der Waals surface area (Å²) in [5.41, 5.74) is 8.37. The summed E-state index contributed by atoms with van der Waals surface area (Å²) in [6.45, 7) is 3.01. The first-order valence-electron chi connectivity index (χ1n) is 7.87. The summed E-state index contributed by atoms with van der Waals surface area (Å²) in [5, 5.41) is 0. The van der Waals surface area contributed by atoms with Crippen molar-refractivity contribution in [3.8, 4) is 0 Å². The number of nitrogen functional groups attached to an aromatic ring is 1. The van der Waals surface area contributed by atoms with Gasteiger partial charge in [-0.05, 0) is 44.5 Å². The van der Waals surface area contributed by atoms with Crippen molar-refractivity contribution in [3.63, 3.8) is 0 Å². The van der Waals surface area contributed by atoms with Crippen molar-refractivity contribution >= 4 is 11.7 Å². The molecule has 0 bridgehead atoms. The second-order valence-corrected chi connectivity index (χ2v) is 5.84. The van der Waals surface area contributed by atoms with E-state index in [0.29, 0.717) is 23.9 Å². The van der Waals surface area contributed by atoms with Crippen molar-refractivity contribution in [2.45, 2.75) is 51.6 Å². The van der Waals surface area contributed by atoms with Crippen molar-refractivity contribution in [2.75, 3.05) is 19.4 Å². The molecule has 0 aliphatic heterocycles. The Morgan fingerprint density at radius 3 is 2.67 bits per heavy atom. The van der Waals surface area contributed by atoms with Gasteiger partial charge in [0.15, 0.2) is 0 Å². The fraction of sp³-hybridized carbons (Fsp3) is 0.588. The molecule has 1 aromatic carbocycles. The van der Waals surface area contributed by atoms with Gasteiger partial charge in [-0.25, -0.2) is 4.79 Å². The molecule has 0 amide bonds. The molecule has 1 aromatic rings. The van der Waals surface area contributed by atoms with Gasteiger partial charge in [0.05, 0.1) is 12.2 Å². The van der Waals surface area contributed by atoms with Crippen molar-refractivity contribution in [2.24, 2.45) is 0 Å². The Labute approximate surface area is 127 Å². The van der Waals surface area contributed by atoms with E-state index in [1.165, 1.54) is 32.1 Å². The quantitative estimate of drug-likeness (QED) is 0.668. The topological polar surface area (TPSA) is 55.6 Å². The number of hydrogen-bond acceptors (Lipinski definition) is 4. The highest BCUT2D eigenvalue weighted by Gasteiger charge is 2.19. The van der Waals surface area contributed by atoms with Gasteiger partial charge in [-0.2, -0.15) is 0 Å². The number of benzene rings is 1. The fourth-order valence-corrected chi connectivity index (χ4v) is 3.00. The minimum Gasteiger partial charge on any atom is -0.462 e. The minimum atomic E-state index is -0.309. The molecule has 1 aliphatic carbocycles. The molecule has 1 fully saturated rings. The van der Waals surface area contributed by atoms with Crippen LogP contribution in [0.25, 0.3) is 0 Å². The Bertz CT molecular complexity index is 482. The molecule has 1 aliphatic rings. The smallest absolute Gasteiger partial charge is 0.338 e. The van der Waals surface area contributed by atoms with Gasteiger partial charge in [-0.1, -0.05) is 25.3 Å². The number of hydrogen-bond donors (Lipinski definition) is 1. The molecular formula is C17H26N2O2. The number of ether oxygens (including phenoxy) is 1. The van der Waals surface area contributed by atoms with Crippen LogP contribution in [0, 0.1) is 0 Å². The second-order valence-electron chi connectivity index (χ2n) is 5.84. The molecule has 2 rings (SSSR count). The fourth-order valence-electron chi connectivity index (χ4n) is 3.00. The lowest BCUT2D eigenvalue weighted by atomic mass is 9.94. The molecule has 0 heterocycles. The van der Waals surface area contributed by atoms with Crippen LogP contribution in [-0.2, 0) is 11.3 Å². The molecule has 21 heavy (non-hydrogen) atoms. The molecule has 0 atom stereocenters. The van der Waals surface area contributed by atoms with E-state index in [2.05, 4.69) is 11.9 Å². The van der Waals surface area contributed by atoms with Gasteiger partial charge in [0.25, 0.3) is 0 Å². The SMILES string of the molecule is CCOC(=O)c1ccc(CN(C)C2CCCCC2)c(N)c1. The number of anilines is 1. The van der Waals surface area contributed by atoms with E-state index in [1.54, 1.807) is 19.1 Å². The summed E-state index contributed by atoms with van der Waals surface area (Å²) in [6.07, 6.45) is 6.56. The van der Waals surface area contributed by atoms with Gasteiger partial charge in [0, 0.05) is 18.3 Å². The Hall–Kier alpha value is -1.55. The van der Waals surface area contributed by atoms with Crippen LogP contribution < -0.4 is 5.73 Å². The molecule has 0 saturated heterocycles. The number of nitrogens with two attached hydrogens (primary N) is 1. The van der Waals surface area contributed by atoms with Crippen LogP contribution >= 0.6 is 0 Å². The van der Waals surface area contributed by atoms with Crippen LogP contribution in [0.3, 0.4) is 0 Å². The summed E-state index contributed by atoms with van der Waals surface area (Å²) in [4.78, 5) is 14.1. The number of rotatable bonds is 5. The maximum absolute atomic E-state index is 11.7. The van der Waals surface area contributed by atoms with Crippen LogP contribution in [0.1, 0.15) is 54.9 Å². The molecule has 4 nitrogen and oxygen atoms in total. The lowest BCUT2D eigenvalue weighted by Gasteiger charge is -2.31. The number of carbonyl (C=O) groups is 1. The van der Waals surface area contributed by atoms with Crippen molar-refractivity contribution in [1.82, 2.24) is 4.90 Å². The molecule has 0 aromatic heterocycles. The van der Waals surface area contributed by atoms with Crippen molar-refractivity contribution < 1.29 is 9.53 Å². The van der Waals surface area contributed by atoms with Crippen LogP contribution in [0.5, 0.6) is 0 Å². The first kappa shape index (κ1) is 15.8. The summed E-state index contributed by atoms with van der Waals surface area (Å²) >= 11 is 0.